The van der Waals surface area contributed by atoms with Gasteiger partial charge in [0.1, 0.15) is 5.82 Å². The largest absolute Gasteiger partial charge is 0.367 e. The van der Waals surface area contributed by atoms with Gasteiger partial charge >= 0.3 is 0 Å². The third-order valence-corrected chi connectivity index (χ3v) is 4.31. The average molecular weight is 223 g/mol. The first-order chi connectivity index (χ1) is 7.15. The van der Waals surface area contributed by atoms with E-state index in [4.69, 9.17) is 0 Å². The van der Waals surface area contributed by atoms with E-state index >= 15 is 0 Å². The fraction of sp³-hybridized carbons (Fsp3) is 0.636. The number of aromatic nitrogens is 2. The maximum Gasteiger partial charge on any atom is 0.147 e. The van der Waals surface area contributed by atoms with Gasteiger partial charge in [0.25, 0.3) is 0 Å². The lowest BCUT2D eigenvalue weighted by molar-refractivity contribution is 0.925. The van der Waals surface area contributed by atoms with Crippen LogP contribution in [0.5, 0.6) is 0 Å². The molecule has 0 amide bonds. The molecule has 0 atom stereocenters. The molecule has 1 saturated carbocycles. The van der Waals surface area contributed by atoms with E-state index in [2.05, 4.69) is 21.5 Å². The summed E-state index contributed by atoms with van der Waals surface area (Å²) in [5.74, 6) is 0.940. The summed E-state index contributed by atoms with van der Waals surface area (Å²) < 4.78 is 0.470. The van der Waals surface area contributed by atoms with Crippen LogP contribution in [0.3, 0.4) is 0 Å². The molecule has 15 heavy (non-hydrogen) atoms. The quantitative estimate of drug-likeness (QED) is 0.850. The smallest absolute Gasteiger partial charge is 0.147 e. The fourth-order valence-corrected chi connectivity index (χ4v) is 2.27. The summed E-state index contributed by atoms with van der Waals surface area (Å²) in [6.45, 7) is 4.97. The van der Waals surface area contributed by atoms with Crippen molar-refractivity contribution in [1.82, 2.24) is 9.97 Å². The van der Waals surface area contributed by atoms with Gasteiger partial charge in [0.05, 0.1) is 11.4 Å². The van der Waals surface area contributed by atoms with Crippen LogP contribution >= 0.6 is 11.8 Å². The predicted molar refractivity (Wildman–Crippen MR) is 65.5 cm³/mol. The molecule has 4 heteroatoms. The van der Waals surface area contributed by atoms with Crippen molar-refractivity contribution in [2.24, 2.45) is 0 Å². The molecule has 1 heterocycles. The van der Waals surface area contributed by atoms with Crippen LogP contribution in [0.1, 0.15) is 24.2 Å². The SMILES string of the molecule is CSC1(CNc2nc(C)cnc2C)CC1. The second-order valence-corrected chi connectivity index (χ2v) is 5.46. The molecule has 0 aromatic carbocycles. The van der Waals surface area contributed by atoms with Gasteiger partial charge in [-0.15, -0.1) is 0 Å². The first-order valence-corrected chi connectivity index (χ1v) is 6.47. The van der Waals surface area contributed by atoms with Crippen LogP contribution in [-0.2, 0) is 0 Å². The Balaban J connectivity index is 2.01. The lowest BCUT2D eigenvalue weighted by Gasteiger charge is -2.14. The van der Waals surface area contributed by atoms with E-state index in [9.17, 15) is 0 Å². The number of aryl methyl sites for hydroxylation is 2. The first-order valence-electron chi connectivity index (χ1n) is 5.24. The lowest BCUT2D eigenvalue weighted by Crippen LogP contribution is -2.19. The van der Waals surface area contributed by atoms with Crippen LogP contribution in [0.2, 0.25) is 0 Å². The molecule has 0 aliphatic heterocycles. The van der Waals surface area contributed by atoms with Crippen LogP contribution in [0.25, 0.3) is 0 Å². The van der Waals surface area contributed by atoms with Crippen molar-refractivity contribution in [3.63, 3.8) is 0 Å². The number of nitrogens with zero attached hydrogens (tertiary/aromatic N) is 2. The van der Waals surface area contributed by atoms with Gasteiger partial charge in [-0.2, -0.15) is 11.8 Å². The minimum absolute atomic E-state index is 0.470. The van der Waals surface area contributed by atoms with Crippen LogP contribution in [0, 0.1) is 13.8 Å². The number of nitrogens with one attached hydrogen (secondary N) is 1. The molecule has 3 nitrogen and oxygen atoms in total. The minimum atomic E-state index is 0.470. The fourth-order valence-electron chi connectivity index (χ4n) is 1.54. The molecular weight excluding hydrogens is 206 g/mol. The van der Waals surface area contributed by atoms with Crippen molar-refractivity contribution in [2.45, 2.75) is 31.4 Å². The Morgan fingerprint density at radius 2 is 2.20 bits per heavy atom. The zero-order valence-corrected chi connectivity index (χ0v) is 10.3. The zero-order chi connectivity index (χ0) is 10.9. The Morgan fingerprint density at radius 3 is 2.80 bits per heavy atom. The van der Waals surface area contributed by atoms with Gasteiger partial charge in [-0.1, -0.05) is 0 Å². The Morgan fingerprint density at radius 1 is 1.47 bits per heavy atom. The molecule has 0 spiro atoms. The molecule has 82 valence electrons. The molecule has 0 unspecified atom stereocenters. The topological polar surface area (TPSA) is 37.8 Å². The van der Waals surface area contributed by atoms with E-state index in [0.717, 1.165) is 23.8 Å². The highest BCUT2D eigenvalue weighted by Gasteiger charge is 2.41. The first kappa shape index (κ1) is 10.7. The molecule has 1 fully saturated rings. The highest BCUT2D eigenvalue weighted by atomic mass is 32.2. The number of hydrogen-bond acceptors (Lipinski definition) is 4. The van der Waals surface area contributed by atoms with E-state index in [-0.39, 0.29) is 0 Å². The monoisotopic (exact) mass is 223 g/mol. The second-order valence-electron chi connectivity index (χ2n) is 4.19. The molecule has 1 aromatic rings. The Kier molecular flexibility index (Phi) is 2.87. The highest BCUT2D eigenvalue weighted by molar-refractivity contribution is 8.00. The van der Waals surface area contributed by atoms with E-state index < -0.39 is 0 Å². The van der Waals surface area contributed by atoms with Crippen LogP contribution in [0.15, 0.2) is 6.20 Å². The van der Waals surface area contributed by atoms with Gasteiger partial charge in [0.2, 0.25) is 0 Å². The molecule has 2 rings (SSSR count). The molecule has 0 saturated heterocycles. The Bertz CT molecular complexity index is 361. The second kappa shape index (κ2) is 4.00. The maximum absolute atomic E-state index is 4.45. The Labute approximate surface area is 95.1 Å². The predicted octanol–water partition coefficient (Wildman–Crippen LogP) is 2.40. The van der Waals surface area contributed by atoms with Gasteiger partial charge < -0.3 is 5.32 Å². The van der Waals surface area contributed by atoms with Crippen LogP contribution in [0.4, 0.5) is 5.82 Å². The molecule has 1 N–H and O–H groups in total. The molecular formula is C11H17N3S. The van der Waals surface area contributed by atoms with E-state index in [1.165, 1.54) is 12.8 Å². The van der Waals surface area contributed by atoms with Crippen molar-refractivity contribution < 1.29 is 0 Å². The number of anilines is 1. The van der Waals surface area contributed by atoms with Gasteiger partial charge in [0, 0.05) is 17.5 Å². The van der Waals surface area contributed by atoms with Gasteiger partial charge in [-0.25, -0.2) is 4.98 Å². The summed E-state index contributed by atoms with van der Waals surface area (Å²) in [7, 11) is 0. The summed E-state index contributed by atoms with van der Waals surface area (Å²) >= 11 is 1.96. The molecule has 1 aliphatic carbocycles. The normalized spacial score (nSPS) is 17.5. The van der Waals surface area contributed by atoms with Gasteiger partial charge in [-0.05, 0) is 32.9 Å². The maximum atomic E-state index is 4.45. The summed E-state index contributed by atoms with van der Waals surface area (Å²) in [6, 6.07) is 0. The van der Waals surface area contributed by atoms with E-state index in [0.29, 0.717) is 4.75 Å². The minimum Gasteiger partial charge on any atom is -0.367 e. The van der Waals surface area contributed by atoms with Gasteiger partial charge in [0.15, 0.2) is 0 Å². The zero-order valence-electron chi connectivity index (χ0n) is 9.50. The molecule has 1 aromatic heterocycles. The number of rotatable bonds is 4. The average Bonchev–Trinajstić information content (AvgIpc) is 3.00. The highest BCUT2D eigenvalue weighted by Crippen LogP contribution is 2.46. The van der Waals surface area contributed by atoms with E-state index in [1.807, 2.05) is 31.8 Å². The number of thioether (sulfide) groups is 1. The third kappa shape index (κ3) is 2.43. The summed E-state index contributed by atoms with van der Waals surface area (Å²) in [6.07, 6.45) is 6.63. The summed E-state index contributed by atoms with van der Waals surface area (Å²) in [4.78, 5) is 8.75. The summed E-state index contributed by atoms with van der Waals surface area (Å²) in [5.41, 5.74) is 1.95. The van der Waals surface area contributed by atoms with Crippen LogP contribution in [-0.4, -0.2) is 27.5 Å². The van der Waals surface area contributed by atoms with Crippen molar-refractivity contribution in [3.05, 3.63) is 17.6 Å². The van der Waals surface area contributed by atoms with Crippen molar-refractivity contribution >= 4 is 17.6 Å². The van der Waals surface area contributed by atoms with E-state index in [1.54, 1.807) is 0 Å². The number of hydrogen-bond donors (Lipinski definition) is 1. The molecule has 1 aliphatic rings. The Hall–Kier alpha value is -0.770. The lowest BCUT2D eigenvalue weighted by atomic mass is 10.3. The van der Waals surface area contributed by atoms with Crippen molar-refractivity contribution in [3.8, 4) is 0 Å². The molecule has 0 radical (unpaired) electrons. The van der Waals surface area contributed by atoms with Crippen molar-refractivity contribution in [1.29, 1.82) is 0 Å². The molecule has 0 bridgehead atoms. The third-order valence-electron chi connectivity index (χ3n) is 2.89. The summed E-state index contributed by atoms with van der Waals surface area (Å²) in [5, 5.41) is 3.41. The van der Waals surface area contributed by atoms with Crippen LogP contribution < -0.4 is 5.32 Å². The standard InChI is InChI=1S/C11H17N3S/c1-8-6-12-9(2)10(14-8)13-7-11(15-3)4-5-11/h6H,4-5,7H2,1-3H3,(H,13,14). The van der Waals surface area contributed by atoms with Gasteiger partial charge in [-0.3, -0.25) is 4.98 Å². The van der Waals surface area contributed by atoms with Crippen molar-refractivity contribution in [2.75, 3.05) is 18.1 Å².